The summed E-state index contributed by atoms with van der Waals surface area (Å²) in [6.07, 6.45) is 7.61. The molecule has 2 fully saturated rings. The third kappa shape index (κ3) is 4.23. The summed E-state index contributed by atoms with van der Waals surface area (Å²) in [6, 6.07) is 0.181. The van der Waals surface area contributed by atoms with Crippen molar-refractivity contribution in [3.05, 3.63) is 30.9 Å². The van der Waals surface area contributed by atoms with E-state index < -0.39 is 5.60 Å². The molecular weight excluding hydrogens is 356 g/mol. The standard InChI is InChI=1S/C21H32N4O3/c1-6-18(26)25(15-17-22-10-13-23(17)7-2)16-14-21(16)8-11-24(12-9-21)19(27)28-20(3,4)5/h6,10,13,16H,1,7-9,11-12,14-15H2,2-5H3/t16-/m0/s1. The van der Waals surface area contributed by atoms with E-state index in [0.717, 1.165) is 31.6 Å². The number of aryl methyl sites for hydroxylation is 1. The summed E-state index contributed by atoms with van der Waals surface area (Å²) in [4.78, 5) is 33.0. The zero-order valence-corrected chi connectivity index (χ0v) is 17.5. The van der Waals surface area contributed by atoms with Crippen LogP contribution in [0.2, 0.25) is 0 Å². The lowest BCUT2D eigenvalue weighted by atomic mass is 9.92. The number of amides is 2. The van der Waals surface area contributed by atoms with Gasteiger partial charge in [-0.05, 0) is 58.4 Å². The van der Waals surface area contributed by atoms with Crippen LogP contribution in [0.1, 0.15) is 52.8 Å². The van der Waals surface area contributed by atoms with Crippen molar-refractivity contribution in [3.8, 4) is 0 Å². The number of imidazole rings is 1. The first kappa shape index (κ1) is 20.4. The summed E-state index contributed by atoms with van der Waals surface area (Å²) in [6.45, 7) is 14.1. The van der Waals surface area contributed by atoms with Crippen molar-refractivity contribution in [1.82, 2.24) is 19.4 Å². The molecule has 1 atom stereocenters. The summed E-state index contributed by atoms with van der Waals surface area (Å²) in [7, 11) is 0. The van der Waals surface area contributed by atoms with Gasteiger partial charge in [0.05, 0.1) is 6.54 Å². The van der Waals surface area contributed by atoms with E-state index in [9.17, 15) is 9.59 Å². The summed E-state index contributed by atoms with van der Waals surface area (Å²) in [5.41, 5.74) is -0.385. The van der Waals surface area contributed by atoms with Crippen molar-refractivity contribution in [2.24, 2.45) is 5.41 Å². The highest BCUT2D eigenvalue weighted by atomic mass is 16.6. The topological polar surface area (TPSA) is 67.7 Å². The lowest BCUT2D eigenvalue weighted by Crippen LogP contribution is -2.44. The van der Waals surface area contributed by atoms with Crippen LogP contribution >= 0.6 is 0 Å². The SMILES string of the molecule is C=CC(=O)N(Cc1nccn1CC)[C@H]1CC12CCN(C(=O)OC(C)(C)C)CC2. The highest BCUT2D eigenvalue weighted by Crippen LogP contribution is 2.57. The molecule has 7 heteroatoms. The van der Waals surface area contributed by atoms with Crippen molar-refractivity contribution >= 4 is 12.0 Å². The molecule has 7 nitrogen and oxygen atoms in total. The van der Waals surface area contributed by atoms with Gasteiger partial charge < -0.3 is 19.1 Å². The number of rotatable bonds is 5. The predicted molar refractivity (Wildman–Crippen MR) is 107 cm³/mol. The fourth-order valence-electron chi connectivity index (χ4n) is 4.16. The minimum absolute atomic E-state index is 0.0536. The van der Waals surface area contributed by atoms with Crippen LogP contribution in [0.3, 0.4) is 0 Å². The number of likely N-dealkylation sites (tertiary alicyclic amines) is 1. The second-order valence-electron chi connectivity index (χ2n) is 8.85. The highest BCUT2D eigenvalue weighted by Gasteiger charge is 2.58. The molecule has 0 aromatic carbocycles. The number of hydrogen-bond donors (Lipinski definition) is 0. The number of hydrogen-bond acceptors (Lipinski definition) is 4. The van der Waals surface area contributed by atoms with Crippen molar-refractivity contribution in [2.75, 3.05) is 13.1 Å². The lowest BCUT2D eigenvalue weighted by Gasteiger charge is -2.35. The normalized spacial score (nSPS) is 20.7. The molecule has 0 N–H and O–H groups in total. The van der Waals surface area contributed by atoms with Crippen LogP contribution in [0.5, 0.6) is 0 Å². The largest absolute Gasteiger partial charge is 0.444 e. The molecule has 0 radical (unpaired) electrons. The molecule has 3 rings (SSSR count). The third-order valence-electron chi connectivity index (χ3n) is 5.85. The van der Waals surface area contributed by atoms with Crippen molar-refractivity contribution in [1.29, 1.82) is 0 Å². The van der Waals surface area contributed by atoms with Gasteiger partial charge in [-0.1, -0.05) is 6.58 Å². The average Bonchev–Trinajstić information content (AvgIpc) is 3.12. The van der Waals surface area contributed by atoms with E-state index >= 15 is 0 Å². The van der Waals surface area contributed by atoms with Crippen LogP contribution < -0.4 is 0 Å². The maximum absolute atomic E-state index is 12.6. The molecule has 1 aliphatic heterocycles. The molecule has 1 aliphatic carbocycles. The van der Waals surface area contributed by atoms with Crippen molar-refractivity contribution in [2.45, 2.75) is 71.7 Å². The first-order valence-electron chi connectivity index (χ1n) is 10.1. The highest BCUT2D eigenvalue weighted by molar-refractivity contribution is 5.87. The molecule has 2 amide bonds. The van der Waals surface area contributed by atoms with Gasteiger partial charge in [0.15, 0.2) is 0 Å². The Morgan fingerprint density at radius 2 is 2.07 bits per heavy atom. The zero-order valence-electron chi connectivity index (χ0n) is 17.5. The molecule has 154 valence electrons. The summed E-state index contributed by atoms with van der Waals surface area (Å²) >= 11 is 0. The zero-order chi connectivity index (χ0) is 20.5. The molecule has 2 heterocycles. The van der Waals surface area contributed by atoms with E-state index in [1.54, 1.807) is 11.1 Å². The maximum Gasteiger partial charge on any atom is 0.410 e. The predicted octanol–water partition coefficient (Wildman–Crippen LogP) is 3.21. The Bertz CT molecular complexity index is 741. The van der Waals surface area contributed by atoms with Gasteiger partial charge in [-0.25, -0.2) is 9.78 Å². The number of nitrogens with zero attached hydrogens (tertiary/aromatic N) is 4. The smallest absolute Gasteiger partial charge is 0.410 e. The van der Waals surface area contributed by atoms with Crippen LogP contribution in [0.15, 0.2) is 25.0 Å². The van der Waals surface area contributed by atoms with Gasteiger partial charge in [-0.15, -0.1) is 0 Å². The summed E-state index contributed by atoms with van der Waals surface area (Å²) < 4.78 is 7.55. The molecule has 1 saturated carbocycles. The van der Waals surface area contributed by atoms with Gasteiger partial charge in [0, 0.05) is 38.1 Å². The Balaban J connectivity index is 1.64. The van der Waals surface area contributed by atoms with E-state index in [1.165, 1.54) is 6.08 Å². The van der Waals surface area contributed by atoms with E-state index in [2.05, 4.69) is 23.1 Å². The Morgan fingerprint density at radius 3 is 2.64 bits per heavy atom. The molecular formula is C21H32N4O3. The van der Waals surface area contributed by atoms with Crippen molar-refractivity contribution < 1.29 is 14.3 Å². The molecule has 0 unspecified atom stereocenters. The maximum atomic E-state index is 12.6. The number of carbonyl (C=O) groups is 2. The lowest BCUT2D eigenvalue weighted by molar-refractivity contribution is -0.128. The van der Waals surface area contributed by atoms with Gasteiger partial charge in [0.25, 0.3) is 0 Å². The van der Waals surface area contributed by atoms with Crippen LogP contribution in [-0.4, -0.2) is 56.1 Å². The molecule has 0 bridgehead atoms. The fraction of sp³-hybridized carbons (Fsp3) is 0.667. The summed E-state index contributed by atoms with van der Waals surface area (Å²) in [5, 5.41) is 0. The molecule has 28 heavy (non-hydrogen) atoms. The van der Waals surface area contributed by atoms with E-state index in [0.29, 0.717) is 19.6 Å². The minimum atomic E-state index is -0.483. The van der Waals surface area contributed by atoms with Gasteiger partial charge in [-0.3, -0.25) is 4.79 Å². The quantitative estimate of drug-likeness (QED) is 0.727. The Morgan fingerprint density at radius 1 is 1.39 bits per heavy atom. The number of aromatic nitrogens is 2. The average molecular weight is 389 g/mol. The second-order valence-corrected chi connectivity index (χ2v) is 8.85. The van der Waals surface area contributed by atoms with Crippen LogP contribution in [0, 0.1) is 5.41 Å². The fourth-order valence-corrected chi connectivity index (χ4v) is 4.16. The third-order valence-corrected chi connectivity index (χ3v) is 5.85. The van der Waals surface area contributed by atoms with Crippen LogP contribution in [0.25, 0.3) is 0 Å². The Hall–Kier alpha value is -2.31. The Kier molecular flexibility index (Phi) is 5.55. The van der Waals surface area contributed by atoms with Crippen molar-refractivity contribution in [3.63, 3.8) is 0 Å². The molecule has 1 aromatic rings. The first-order valence-corrected chi connectivity index (χ1v) is 10.1. The Labute approximate surface area is 167 Å². The van der Waals surface area contributed by atoms with E-state index in [-0.39, 0.29) is 23.5 Å². The van der Waals surface area contributed by atoms with Gasteiger partial charge in [-0.2, -0.15) is 0 Å². The first-order chi connectivity index (χ1) is 13.2. The second kappa shape index (κ2) is 7.60. The number of carbonyl (C=O) groups excluding carboxylic acids is 2. The van der Waals surface area contributed by atoms with E-state index in [4.69, 9.17) is 4.74 Å². The minimum Gasteiger partial charge on any atom is -0.444 e. The molecule has 1 saturated heterocycles. The molecule has 2 aliphatic rings. The molecule has 1 aromatic heterocycles. The van der Waals surface area contributed by atoms with Crippen LogP contribution in [-0.2, 0) is 22.6 Å². The molecule has 1 spiro atoms. The van der Waals surface area contributed by atoms with Crippen LogP contribution in [0.4, 0.5) is 4.79 Å². The number of ether oxygens (including phenoxy) is 1. The number of piperidine rings is 1. The van der Waals surface area contributed by atoms with Gasteiger partial charge in [0.2, 0.25) is 5.91 Å². The van der Waals surface area contributed by atoms with Gasteiger partial charge >= 0.3 is 6.09 Å². The monoisotopic (exact) mass is 388 g/mol. The van der Waals surface area contributed by atoms with Gasteiger partial charge in [0.1, 0.15) is 11.4 Å². The summed E-state index contributed by atoms with van der Waals surface area (Å²) in [5.74, 6) is 0.841. The van der Waals surface area contributed by atoms with E-state index in [1.807, 2.05) is 31.9 Å².